The summed E-state index contributed by atoms with van der Waals surface area (Å²) in [7, 11) is 3.05. The largest absolute Gasteiger partial charge is 0.497 e. The zero-order valence-corrected chi connectivity index (χ0v) is 11.4. The second kappa shape index (κ2) is 6.16. The molecule has 7 nitrogen and oxygen atoms in total. The summed E-state index contributed by atoms with van der Waals surface area (Å²) in [4.78, 5) is 12.4. The molecule has 0 unspecified atom stereocenters. The van der Waals surface area contributed by atoms with Gasteiger partial charge in [0.15, 0.2) is 5.69 Å². The summed E-state index contributed by atoms with van der Waals surface area (Å²) < 4.78 is 11.8. The van der Waals surface area contributed by atoms with Crippen molar-refractivity contribution in [2.24, 2.45) is 5.73 Å². The van der Waals surface area contributed by atoms with Crippen LogP contribution in [0.15, 0.2) is 24.4 Å². The van der Waals surface area contributed by atoms with Gasteiger partial charge in [0.2, 0.25) is 5.78 Å². The molecule has 2 N–H and O–H groups in total. The highest BCUT2D eigenvalue weighted by Gasteiger charge is 2.18. The molecule has 0 bridgehead atoms. The smallest absolute Gasteiger partial charge is 0.218 e. The number of nitrogens with two attached hydrogens (primary N) is 1. The molecule has 0 radical (unpaired) electrons. The molecule has 7 heteroatoms. The van der Waals surface area contributed by atoms with Crippen molar-refractivity contribution < 1.29 is 14.3 Å². The van der Waals surface area contributed by atoms with Crippen LogP contribution in [0.1, 0.15) is 16.1 Å². The first-order valence-electron chi connectivity index (χ1n) is 6.06. The Morgan fingerprint density at radius 1 is 1.35 bits per heavy atom. The highest BCUT2D eigenvalue weighted by atomic mass is 16.5. The molecule has 0 aliphatic heterocycles. The summed E-state index contributed by atoms with van der Waals surface area (Å²) in [6.45, 7) is 0.947. The molecule has 2 aromatic rings. The van der Waals surface area contributed by atoms with Crippen molar-refractivity contribution in [3.8, 4) is 11.5 Å². The molecule has 106 valence electrons. The molecular formula is C13H16N4O3. The van der Waals surface area contributed by atoms with Gasteiger partial charge in [-0.2, -0.15) is 0 Å². The number of carbonyl (C=O) groups excluding carboxylic acids is 1. The molecule has 0 aliphatic rings. The second-order valence-corrected chi connectivity index (χ2v) is 4.05. The molecule has 20 heavy (non-hydrogen) atoms. The maximum absolute atomic E-state index is 12.4. The summed E-state index contributed by atoms with van der Waals surface area (Å²) in [6, 6.07) is 4.99. The number of hydrogen-bond acceptors (Lipinski definition) is 6. The Bertz CT molecular complexity index is 609. The summed E-state index contributed by atoms with van der Waals surface area (Å²) in [5, 5.41) is 7.69. The van der Waals surface area contributed by atoms with Crippen molar-refractivity contribution in [2.45, 2.75) is 6.54 Å². The Kier molecular flexibility index (Phi) is 4.31. The number of methoxy groups -OCH3 is 2. The van der Waals surface area contributed by atoms with E-state index >= 15 is 0 Å². The fraction of sp³-hybridized carbons (Fsp3) is 0.308. The minimum atomic E-state index is -0.257. The highest BCUT2D eigenvalue weighted by molar-refractivity contribution is 6.09. The lowest BCUT2D eigenvalue weighted by Crippen LogP contribution is -2.10. The summed E-state index contributed by atoms with van der Waals surface area (Å²) in [6.07, 6.45) is 1.57. The number of ether oxygens (including phenoxy) is 2. The van der Waals surface area contributed by atoms with Crippen molar-refractivity contribution in [3.63, 3.8) is 0 Å². The van der Waals surface area contributed by atoms with E-state index in [1.807, 2.05) is 0 Å². The number of nitrogens with zero attached hydrogens (tertiary/aromatic N) is 3. The highest BCUT2D eigenvalue weighted by Crippen LogP contribution is 2.26. The fourth-order valence-electron chi connectivity index (χ4n) is 1.77. The van der Waals surface area contributed by atoms with Gasteiger partial charge >= 0.3 is 0 Å². The summed E-state index contributed by atoms with van der Waals surface area (Å²) in [5.74, 6) is 0.792. The SMILES string of the molecule is COc1ccc(C(=O)c2cn(CCN)nn2)c(OC)c1. The number of hydrogen-bond donors (Lipinski definition) is 1. The minimum Gasteiger partial charge on any atom is -0.497 e. The predicted molar refractivity (Wildman–Crippen MR) is 72.1 cm³/mol. The molecule has 0 saturated carbocycles. The van der Waals surface area contributed by atoms with Gasteiger partial charge in [-0.1, -0.05) is 5.21 Å². The van der Waals surface area contributed by atoms with Crippen LogP contribution in [0.3, 0.4) is 0 Å². The molecule has 0 saturated heterocycles. The van der Waals surface area contributed by atoms with Crippen LogP contribution in [0.25, 0.3) is 0 Å². The maximum Gasteiger partial charge on any atom is 0.218 e. The zero-order valence-electron chi connectivity index (χ0n) is 11.4. The molecule has 0 aliphatic carbocycles. The van der Waals surface area contributed by atoms with E-state index in [1.165, 1.54) is 11.8 Å². The molecule has 0 atom stereocenters. The lowest BCUT2D eigenvalue weighted by atomic mass is 10.1. The second-order valence-electron chi connectivity index (χ2n) is 4.05. The van der Waals surface area contributed by atoms with E-state index in [0.29, 0.717) is 30.2 Å². The Morgan fingerprint density at radius 3 is 2.80 bits per heavy atom. The summed E-state index contributed by atoms with van der Waals surface area (Å²) in [5.41, 5.74) is 6.09. The number of ketones is 1. The van der Waals surface area contributed by atoms with Crippen LogP contribution in [0, 0.1) is 0 Å². The molecule has 0 fully saturated rings. The minimum absolute atomic E-state index is 0.252. The number of rotatable bonds is 6. The average molecular weight is 276 g/mol. The molecule has 2 rings (SSSR count). The zero-order chi connectivity index (χ0) is 14.5. The van der Waals surface area contributed by atoms with Crippen LogP contribution < -0.4 is 15.2 Å². The van der Waals surface area contributed by atoms with Gasteiger partial charge in [-0.15, -0.1) is 5.10 Å². The van der Waals surface area contributed by atoms with Crippen LogP contribution in [-0.4, -0.2) is 41.5 Å². The fourth-order valence-corrected chi connectivity index (χ4v) is 1.77. The van der Waals surface area contributed by atoms with Gasteiger partial charge in [-0.05, 0) is 12.1 Å². The standard InChI is InChI=1S/C13H16N4O3/c1-19-9-3-4-10(12(7-9)20-2)13(18)11-8-17(6-5-14)16-15-11/h3-4,7-8H,5-6,14H2,1-2H3. The molecule has 1 aromatic carbocycles. The van der Waals surface area contributed by atoms with Crippen molar-refractivity contribution in [3.05, 3.63) is 35.7 Å². The third-order valence-electron chi connectivity index (χ3n) is 2.78. The first-order valence-corrected chi connectivity index (χ1v) is 6.06. The Hall–Kier alpha value is -2.41. The van der Waals surface area contributed by atoms with E-state index in [1.54, 1.807) is 31.5 Å². The monoisotopic (exact) mass is 276 g/mol. The first kappa shape index (κ1) is 14.0. The van der Waals surface area contributed by atoms with Gasteiger partial charge in [0.25, 0.3) is 0 Å². The van der Waals surface area contributed by atoms with Gasteiger partial charge in [0, 0.05) is 12.6 Å². The van der Waals surface area contributed by atoms with Gasteiger partial charge < -0.3 is 15.2 Å². The van der Waals surface area contributed by atoms with E-state index in [9.17, 15) is 4.79 Å². The average Bonchev–Trinajstić information content (AvgIpc) is 2.94. The van der Waals surface area contributed by atoms with Gasteiger partial charge in [0.05, 0.1) is 32.5 Å². The topological polar surface area (TPSA) is 92.3 Å². The van der Waals surface area contributed by atoms with Gasteiger partial charge in [-0.25, -0.2) is 0 Å². The number of carbonyl (C=O) groups is 1. The van der Waals surface area contributed by atoms with Crippen LogP contribution in [0.4, 0.5) is 0 Å². The molecule has 0 amide bonds. The van der Waals surface area contributed by atoms with E-state index in [0.717, 1.165) is 0 Å². The number of aromatic nitrogens is 3. The van der Waals surface area contributed by atoms with Crippen LogP contribution >= 0.6 is 0 Å². The maximum atomic E-state index is 12.4. The van der Waals surface area contributed by atoms with E-state index in [4.69, 9.17) is 15.2 Å². The normalized spacial score (nSPS) is 10.3. The van der Waals surface area contributed by atoms with E-state index in [2.05, 4.69) is 10.3 Å². The van der Waals surface area contributed by atoms with Crippen LogP contribution in [0.2, 0.25) is 0 Å². The molecular weight excluding hydrogens is 260 g/mol. The molecule has 1 heterocycles. The van der Waals surface area contributed by atoms with Crippen molar-refractivity contribution in [1.82, 2.24) is 15.0 Å². The van der Waals surface area contributed by atoms with E-state index < -0.39 is 0 Å². The third-order valence-corrected chi connectivity index (χ3v) is 2.78. The van der Waals surface area contributed by atoms with Gasteiger partial charge in [0.1, 0.15) is 11.5 Å². The predicted octanol–water partition coefficient (Wildman–Crippen LogP) is 0.485. The summed E-state index contributed by atoms with van der Waals surface area (Å²) >= 11 is 0. The lowest BCUT2D eigenvalue weighted by molar-refractivity contribution is 0.103. The quantitative estimate of drug-likeness (QED) is 0.772. The lowest BCUT2D eigenvalue weighted by Gasteiger charge is -2.08. The van der Waals surface area contributed by atoms with Gasteiger partial charge in [-0.3, -0.25) is 9.48 Å². The van der Waals surface area contributed by atoms with Crippen molar-refractivity contribution >= 4 is 5.78 Å². The Morgan fingerprint density at radius 2 is 2.15 bits per heavy atom. The van der Waals surface area contributed by atoms with Crippen molar-refractivity contribution in [2.75, 3.05) is 20.8 Å². The van der Waals surface area contributed by atoms with E-state index in [-0.39, 0.29) is 11.5 Å². The molecule has 1 aromatic heterocycles. The number of benzene rings is 1. The van der Waals surface area contributed by atoms with Crippen molar-refractivity contribution in [1.29, 1.82) is 0 Å². The Balaban J connectivity index is 2.32. The third kappa shape index (κ3) is 2.77. The molecule has 0 spiro atoms. The van der Waals surface area contributed by atoms with Crippen LogP contribution in [0.5, 0.6) is 11.5 Å². The first-order chi connectivity index (χ1) is 9.69. The Labute approximate surface area is 116 Å². The van der Waals surface area contributed by atoms with Crippen LogP contribution in [-0.2, 0) is 6.54 Å².